The molecule has 204 valence electrons. The van der Waals surface area contributed by atoms with E-state index in [9.17, 15) is 18.0 Å². The number of anilines is 2. The second kappa shape index (κ2) is 10.6. The highest BCUT2D eigenvalue weighted by Gasteiger charge is 2.24. The van der Waals surface area contributed by atoms with Crippen LogP contribution in [-0.2, 0) is 11.3 Å². The van der Waals surface area contributed by atoms with Crippen molar-refractivity contribution in [2.75, 3.05) is 18.4 Å². The fourth-order valence-electron chi connectivity index (χ4n) is 5.19. The Bertz CT molecular complexity index is 1540. The Labute approximate surface area is 224 Å². The minimum absolute atomic E-state index is 0.0250. The third kappa shape index (κ3) is 5.44. The maximum Gasteiger partial charge on any atom is 0.227 e. The summed E-state index contributed by atoms with van der Waals surface area (Å²) in [6, 6.07) is 7.58. The molecule has 1 fully saturated rings. The number of nitrogens with zero attached hydrogens (tertiary/aromatic N) is 5. The molecule has 3 heterocycles. The predicted octanol–water partition coefficient (Wildman–Crippen LogP) is 5.24. The van der Waals surface area contributed by atoms with Gasteiger partial charge in [0.05, 0.1) is 11.7 Å². The van der Waals surface area contributed by atoms with E-state index in [0.717, 1.165) is 6.20 Å². The van der Waals surface area contributed by atoms with Crippen molar-refractivity contribution in [1.29, 1.82) is 0 Å². The van der Waals surface area contributed by atoms with Crippen molar-refractivity contribution in [3.63, 3.8) is 0 Å². The molecule has 0 radical (unpaired) electrons. The fraction of sp³-hybridized carbons (Fsp3) is 0.357. The molecule has 0 bridgehead atoms. The SMILES string of the molecule is Cc1nc2c(F)cc(-c3nc(Nc4ccc(CN5CCC(C(N)=O)CC5)c(F)c4)ncc3F)cc2n1C(C)C. The molecule has 11 heteroatoms. The third-order valence-electron chi connectivity index (χ3n) is 7.15. The molecule has 39 heavy (non-hydrogen) atoms. The Kier molecular flexibility index (Phi) is 7.26. The standard InChI is InChI=1S/C28H30F3N7O/c1-15(2)38-16(3)34-26-22(30)10-19(11-24(26)38)25-23(31)13-33-28(36-25)35-20-5-4-18(21(29)12-20)14-37-8-6-17(7-9-37)27(32)39/h4-5,10-13,15,17H,6-9,14H2,1-3H3,(H2,32,39)(H,33,35,36). The highest BCUT2D eigenvalue weighted by molar-refractivity contribution is 5.83. The van der Waals surface area contributed by atoms with E-state index in [1.807, 2.05) is 18.4 Å². The van der Waals surface area contributed by atoms with Gasteiger partial charge in [-0.15, -0.1) is 0 Å². The number of carbonyl (C=O) groups is 1. The number of nitrogens with two attached hydrogens (primary N) is 1. The number of primary amides is 1. The lowest BCUT2D eigenvalue weighted by Crippen LogP contribution is -2.38. The highest BCUT2D eigenvalue weighted by Crippen LogP contribution is 2.31. The van der Waals surface area contributed by atoms with Gasteiger partial charge in [0, 0.05) is 35.3 Å². The van der Waals surface area contributed by atoms with Crippen LogP contribution in [0.1, 0.15) is 44.1 Å². The molecule has 2 aromatic carbocycles. The van der Waals surface area contributed by atoms with E-state index in [0.29, 0.717) is 55.1 Å². The molecule has 0 atom stereocenters. The summed E-state index contributed by atoms with van der Waals surface area (Å²) in [5.41, 5.74) is 7.20. The number of nitrogens with one attached hydrogen (secondary N) is 1. The topological polar surface area (TPSA) is 102 Å². The van der Waals surface area contributed by atoms with Crippen molar-refractivity contribution in [2.45, 2.75) is 46.2 Å². The maximum absolute atomic E-state index is 15.0. The number of rotatable bonds is 7. The first-order chi connectivity index (χ1) is 18.6. The first-order valence-corrected chi connectivity index (χ1v) is 12.9. The van der Waals surface area contributed by atoms with Gasteiger partial charge < -0.3 is 15.6 Å². The molecule has 0 unspecified atom stereocenters. The summed E-state index contributed by atoms with van der Waals surface area (Å²) in [5.74, 6) is -1.42. The van der Waals surface area contributed by atoms with E-state index in [2.05, 4.69) is 25.2 Å². The Hall–Kier alpha value is -3.99. The molecule has 1 amide bonds. The third-order valence-corrected chi connectivity index (χ3v) is 7.15. The van der Waals surface area contributed by atoms with Crippen LogP contribution in [0.2, 0.25) is 0 Å². The molecule has 0 saturated carbocycles. The molecule has 2 aromatic heterocycles. The molecule has 0 spiro atoms. The van der Waals surface area contributed by atoms with Crippen molar-refractivity contribution in [3.05, 3.63) is 65.4 Å². The van der Waals surface area contributed by atoms with E-state index >= 15 is 0 Å². The van der Waals surface area contributed by atoms with Crippen LogP contribution >= 0.6 is 0 Å². The van der Waals surface area contributed by atoms with Gasteiger partial charge in [-0.1, -0.05) is 6.07 Å². The number of fused-ring (bicyclic) bond motifs is 1. The summed E-state index contributed by atoms with van der Waals surface area (Å²) in [6.07, 6.45) is 2.33. The second-order valence-electron chi connectivity index (χ2n) is 10.2. The molecule has 8 nitrogen and oxygen atoms in total. The molecule has 1 aliphatic rings. The first-order valence-electron chi connectivity index (χ1n) is 12.9. The number of hydrogen-bond donors (Lipinski definition) is 2. The largest absolute Gasteiger partial charge is 0.369 e. The zero-order chi connectivity index (χ0) is 27.8. The van der Waals surface area contributed by atoms with E-state index in [4.69, 9.17) is 5.73 Å². The van der Waals surface area contributed by atoms with Crippen molar-refractivity contribution in [2.24, 2.45) is 11.7 Å². The van der Waals surface area contributed by atoms with Gasteiger partial charge in [0.2, 0.25) is 11.9 Å². The number of benzene rings is 2. The predicted molar refractivity (Wildman–Crippen MR) is 143 cm³/mol. The summed E-state index contributed by atoms with van der Waals surface area (Å²) in [4.78, 5) is 26.0. The molecule has 0 aliphatic carbocycles. The minimum Gasteiger partial charge on any atom is -0.369 e. The van der Waals surface area contributed by atoms with Crippen molar-refractivity contribution >= 4 is 28.6 Å². The summed E-state index contributed by atoms with van der Waals surface area (Å²) in [6.45, 7) is 7.47. The van der Waals surface area contributed by atoms with Gasteiger partial charge in [-0.05, 0) is 71.0 Å². The summed E-state index contributed by atoms with van der Waals surface area (Å²) < 4.78 is 46.6. The monoisotopic (exact) mass is 537 g/mol. The number of amides is 1. The van der Waals surface area contributed by atoms with Gasteiger partial charge in [-0.2, -0.15) is 0 Å². The molecule has 3 N–H and O–H groups in total. The molecular formula is C28H30F3N7O. The van der Waals surface area contributed by atoms with Crippen LogP contribution in [0.4, 0.5) is 24.8 Å². The van der Waals surface area contributed by atoms with Gasteiger partial charge in [0.15, 0.2) is 11.6 Å². The van der Waals surface area contributed by atoms with Gasteiger partial charge in [-0.25, -0.2) is 28.1 Å². The first kappa shape index (κ1) is 26.6. The Morgan fingerprint density at radius 3 is 2.49 bits per heavy atom. The minimum atomic E-state index is -0.715. The van der Waals surface area contributed by atoms with Crippen LogP contribution in [-0.4, -0.2) is 43.4 Å². The number of aromatic nitrogens is 4. The molecule has 5 rings (SSSR count). The number of likely N-dealkylation sites (tertiary alicyclic amines) is 1. The van der Waals surface area contributed by atoms with Crippen LogP contribution in [0.25, 0.3) is 22.3 Å². The van der Waals surface area contributed by atoms with Crippen LogP contribution in [0.3, 0.4) is 0 Å². The number of piperidine rings is 1. The molecule has 1 saturated heterocycles. The lowest BCUT2D eigenvalue weighted by Gasteiger charge is -2.30. The summed E-state index contributed by atoms with van der Waals surface area (Å²) >= 11 is 0. The van der Waals surface area contributed by atoms with Crippen molar-refractivity contribution in [3.8, 4) is 11.3 Å². The van der Waals surface area contributed by atoms with E-state index < -0.39 is 17.5 Å². The Balaban J connectivity index is 1.36. The number of carbonyl (C=O) groups excluding carboxylic acids is 1. The quantitative estimate of drug-likeness (QED) is 0.334. The average Bonchev–Trinajstić information content (AvgIpc) is 3.23. The lowest BCUT2D eigenvalue weighted by molar-refractivity contribution is -0.123. The summed E-state index contributed by atoms with van der Waals surface area (Å²) in [7, 11) is 0. The number of imidazole rings is 1. The smallest absolute Gasteiger partial charge is 0.227 e. The number of aryl methyl sites for hydroxylation is 1. The summed E-state index contributed by atoms with van der Waals surface area (Å²) in [5, 5.41) is 2.91. The number of hydrogen-bond acceptors (Lipinski definition) is 6. The normalized spacial score (nSPS) is 14.8. The van der Waals surface area contributed by atoms with Gasteiger partial charge in [0.25, 0.3) is 0 Å². The zero-order valence-corrected chi connectivity index (χ0v) is 22.0. The molecule has 1 aliphatic heterocycles. The molecular weight excluding hydrogens is 507 g/mol. The fourth-order valence-corrected chi connectivity index (χ4v) is 5.19. The number of halogens is 3. The van der Waals surface area contributed by atoms with E-state index in [1.165, 1.54) is 12.1 Å². The van der Waals surface area contributed by atoms with Gasteiger partial charge in [-0.3, -0.25) is 9.69 Å². The maximum atomic E-state index is 15.0. The van der Waals surface area contributed by atoms with Crippen molar-refractivity contribution < 1.29 is 18.0 Å². The van der Waals surface area contributed by atoms with Crippen LogP contribution < -0.4 is 11.1 Å². The lowest BCUT2D eigenvalue weighted by atomic mass is 9.96. The second-order valence-corrected chi connectivity index (χ2v) is 10.2. The van der Waals surface area contributed by atoms with Gasteiger partial charge in [0.1, 0.15) is 22.9 Å². The van der Waals surface area contributed by atoms with Crippen LogP contribution in [0.15, 0.2) is 36.5 Å². The van der Waals surface area contributed by atoms with E-state index in [-0.39, 0.29) is 40.6 Å². The zero-order valence-electron chi connectivity index (χ0n) is 22.0. The highest BCUT2D eigenvalue weighted by atomic mass is 19.1. The Morgan fingerprint density at radius 2 is 1.82 bits per heavy atom. The van der Waals surface area contributed by atoms with E-state index in [1.54, 1.807) is 25.1 Å². The Morgan fingerprint density at radius 1 is 1.08 bits per heavy atom. The molecule has 4 aromatic rings. The van der Waals surface area contributed by atoms with Crippen LogP contribution in [0, 0.1) is 30.3 Å². The van der Waals surface area contributed by atoms with Crippen molar-refractivity contribution in [1.82, 2.24) is 24.4 Å². The van der Waals surface area contributed by atoms with Crippen LogP contribution in [0.5, 0.6) is 0 Å². The average molecular weight is 538 g/mol. The van der Waals surface area contributed by atoms with Gasteiger partial charge >= 0.3 is 0 Å².